The molecule has 1 N–H and O–H groups in total. The van der Waals surface area contributed by atoms with Crippen molar-refractivity contribution in [1.82, 2.24) is 24.6 Å². The van der Waals surface area contributed by atoms with Crippen molar-refractivity contribution in [1.29, 1.82) is 5.26 Å². The first-order valence-electron chi connectivity index (χ1n) is 11.4. The molecule has 2 aromatic carbocycles. The van der Waals surface area contributed by atoms with Gasteiger partial charge in [-0.05, 0) is 73.5 Å². The van der Waals surface area contributed by atoms with Gasteiger partial charge in [-0.25, -0.2) is 0 Å². The van der Waals surface area contributed by atoms with Crippen LogP contribution >= 0.6 is 0 Å². The standard InChI is InChI=1S/C26H25N7/c1-28-13-19-8-9-31(14-19)23-6-7-24-22(10-23)16-32-15-21(20-4-2-18(12-27)3-5-20)11-25(32)26-30-29-17-33(24)26/h2-7,10-11,15,17,19,28H,8-9,13-14,16H2,1H3/t19-/m0/s1. The molecule has 1 fully saturated rings. The first-order chi connectivity index (χ1) is 16.2. The molecule has 33 heavy (non-hydrogen) atoms. The van der Waals surface area contributed by atoms with Crippen molar-refractivity contribution in [2.45, 2.75) is 13.0 Å². The second-order valence-electron chi connectivity index (χ2n) is 8.93. The topological polar surface area (TPSA) is 74.7 Å². The lowest BCUT2D eigenvalue weighted by atomic mass is 10.1. The van der Waals surface area contributed by atoms with E-state index in [4.69, 9.17) is 5.26 Å². The van der Waals surface area contributed by atoms with Gasteiger partial charge in [-0.3, -0.25) is 4.57 Å². The molecule has 0 bridgehead atoms. The summed E-state index contributed by atoms with van der Waals surface area (Å²) in [7, 11) is 2.03. The van der Waals surface area contributed by atoms with E-state index >= 15 is 0 Å². The number of hydrogen-bond donors (Lipinski definition) is 1. The molecule has 4 heterocycles. The van der Waals surface area contributed by atoms with E-state index in [-0.39, 0.29) is 0 Å². The number of nitrogens with zero attached hydrogens (tertiary/aromatic N) is 6. The van der Waals surface area contributed by atoms with Crippen LogP contribution < -0.4 is 10.2 Å². The van der Waals surface area contributed by atoms with Gasteiger partial charge in [-0.15, -0.1) is 10.2 Å². The summed E-state index contributed by atoms with van der Waals surface area (Å²) in [5.74, 6) is 1.54. The van der Waals surface area contributed by atoms with Crippen molar-refractivity contribution >= 4 is 5.69 Å². The number of hydrogen-bond acceptors (Lipinski definition) is 5. The van der Waals surface area contributed by atoms with E-state index in [9.17, 15) is 0 Å². The average Bonchev–Trinajstić information content (AvgIpc) is 3.58. The predicted octanol–water partition coefficient (Wildman–Crippen LogP) is 3.68. The quantitative estimate of drug-likeness (QED) is 0.466. The molecule has 2 aromatic heterocycles. The normalized spacial score (nSPS) is 16.6. The third-order valence-electron chi connectivity index (χ3n) is 6.83. The number of rotatable bonds is 4. The van der Waals surface area contributed by atoms with Gasteiger partial charge < -0.3 is 14.8 Å². The minimum atomic E-state index is 0.666. The van der Waals surface area contributed by atoms with Crippen LogP contribution in [0.3, 0.4) is 0 Å². The van der Waals surface area contributed by atoms with E-state index < -0.39 is 0 Å². The van der Waals surface area contributed by atoms with Crippen LogP contribution in [0.25, 0.3) is 28.3 Å². The second kappa shape index (κ2) is 7.91. The van der Waals surface area contributed by atoms with Gasteiger partial charge in [-0.2, -0.15) is 5.26 Å². The Bertz CT molecular complexity index is 1360. The summed E-state index contributed by atoms with van der Waals surface area (Å²) < 4.78 is 4.35. The molecule has 0 unspecified atom stereocenters. The van der Waals surface area contributed by atoms with Crippen LogP contribution in [0, 0.1) is 17.2 Å². The Morgan fingerprint density at radius 1 is 1.12 bits per heavy atom. The van der Waals surface area contributed by atoms with E-state index in [2.05, 4.69) is 66.1 Å². The lowest BCUT2D eigenvalue weighted by molar-refractivity contribution is 0.549. The van der Waals surface area contributed by atoms with Gasteiger partial charge in [0.25, 0.3) is 0 Å². The Morgan fingerprint density at radius 3 is 2.82 bits per heavy atom. The maximum atomic E-state index is 9.11. The zero-order valence-corrected chi connectivity index (χ0v) is 18.6. The third kappa shape index (κ3) is 3.40. The Kier molecular flexibility index (Phi) is 4.74. The molecule has 164 valence electrons. The van der Waals surface area contributed by atoms with Crippen molar-refractivity contribution in [3.63, 3.8) is 0 Å². The lowest BCUT2D eigenvalue weighted by Crippen LogP contribution is -2.24. The minimum absolute atomic E-state index is 0.666. The van der Waals surface area contributed by atoms with Gasteiger partial charge in [0.05, 0.1) is 23.0 Å². The van der Waals surface area contributed by atoms with Crippen molar-refractivity contribution in [3.8, 4) is 34.4 Å². The second-order valence-corrected chi connectivity index (χ2v) is 8.93. The minimum Gasteiger partial charge on any atom is -0.371 e. The van der Waals surface area contributed by atoms with E-state index in [0.29, 0.717) is 11.5 Å². The monoisotopic (exact) mass is 435 g/mol. The van der Waals surface area contributed by atoms with Crippen LogP contribution in [0.1, 0.15) is 17.5 Å². The van der Waals surface area contributed by atoms with Crippen LogP contribution in [0.5, 0.6) is 0 Å². The van der Waals surface area contributed by atoms with Crippen LogP contribution in [-0.4, -0.2) is 46.0 Å². The molecule has 4 aromatic rings. The molecule has 1 atom stereocenters. The van der Waals surface area contributed by atoms with Gasteiger partial charge in [0.1, 0.15) is 6.33 Å². The van der Waals surface area contributed by atoms with Crippen molar-refractivity contribution in [2.75, 3.05) is 31.6 Å². The number of benzene rings is 2. The van der Waals surface area contributed by atoms with Gasteiger partial charge >= 0.3 is 0 Å². The largest absolute Gasteiger partial charge is 0.371 e. The maximum absolute atomic E-state index is 9.11. The summed E-state index contributed by atoms with van der Waals surface area (Å²) in [6.07, 6.45) is 5.20. The number of fused-ring (bicyclic) bond motifs is 5. The van der Waals surface area contributed by atoms with Crippen molar-refractivity contribution in [3.05, 3.63) is 72.2 Å². The number of nitrogens with one attached hydrogen (secondary N) is 1. The highest BCUT2D eigenvalue weighted by Crippen LogP contribution is 2.35. The maximum Gasteiger partial charge on any atom is 0.185 e. The molecule has 7 nitrogen and oxygen atoms in total. The summed E-state index contributed by atoms with van der Waals surface area (Å²) >= 11 is 0. The Balaban J connectivity index is 1.39. The first kappa shape index (κ1) is 19.8. The molecule has 2 aliphatic rings. The summed E-state index contributed by atoms with van der Waals surface area (Å²) in [6.45, 7) is 4.03. The highest BCUT2D eigenvalue weighted by Gasteiger charge is 2.25. The van der Waals surface area contributed by atoms with E-state index in [0.717, 1.165) is 54.5 Å². The molecule has 0 spiro atoms. The Hall–Kier alpha value is -3.89. The molecular formula is C26H25N7. The number of aromatic nitrogens is 4. The molecule has 0 aliphatic carbocycles. The van der Waals surface area contributed by atoms with Crippen LogP contribution in [0.2, 0.25) is 0 Å². The Labute approximate surface area is 192 Å². The van der Waals surface area contributed by atoms with Gasteiger partial charge in [0.2, 0.25) is 0 Å². The van der Waals surface area contributed by atoms with Crippen molar-refractivity contribution in [2.24, 2.45) is 5.92 Å². The van der Waals surface area contributed by atoms with Gasteiger partial charge in [-0.1, -0.05) is 12.1 Å². The average molecular weight is 436 g/mol. The Morgan fingerprint density at radius 2 is 2.00 bits per heavy atom. The number of nitriles is 1. The molecular weight excluding hydrogens is 410 g/mol. The zero-order valence-electron chi connectivity index (χ0n) is 18.6. The summed E-state index contributed by atoms with van der Waals surface area (Å²) in [5.41, 5.74) is 7.57. The summed E-state index contributed by atoms with van der Waals surface area (Å²) in [4.78, 5) is 2.50. The first-order valence-corrected chi connectivity index (χ1v) is 11.4. The fourth-order valence-corrected chi connectivity index (χ4v) is 5.15. The van der Waals surface area contributed by atoms with Crippen LogP contribution in [0.4, 0.5) is 5.69 Å². The number of anilines is 1. The highest BCUT2D eigenvalue weighted by atomic mass is 15.3. The highest BCUT2D eigenvalue weighted by molar-refractivity contribution is 5.72. The molecule has 2 aliphatic heterocycles. The van der Waals surface area contributed by atoms with E-state index in [1.165, 1.54) is 17.7 Å². The molecule has 7 heteroatoms. The zero-order chi connectivity index (χ0) is 22.4. The molecule has 0 saturated carbocycles. The molecule has 0 radical (unpaired) electrons. The summed E-state index contributed by atoms with van der Waals surface area (Å²) in [5, 5.41) is 21.1. The third-order valence-corrected chi connectivity index (χ3v) is 6.83. The smallest absolute Gasteiger partial charge is 0.185 e. The predicted molar refractivity (Wildman–Crippen MR) is 128 cm³/mol. The van der Waals surface area contributed by atoms with E-state index in [1.54, 1.807) is 6.33 Å². The van der Waals surface area contributed by atoms with Crippen molar-refractivity contribution < 1.29 is 0 Å². The van der Waals surface area contributed by atoms with Crippen LogP contribution in [0.15, 0.2) is 61.1 Å². The van der Waals surface area contributed by atoms with Gasteiger partial charge in [0, 0.05) is 37.1 Å². The van der Waals surface area contributed by atoms with Gasteiger partial charge in [0.15, 0.2) is 5.82 Å². The fourth-order valence-electron chi connectivity index (χ4n) is 5.15. The molecule has 1 saturated heterocycles. The van der Waals surface area contributed by atoms with E-state index in [1.807, 2.05) is 31.3 Å². The lowest BCUT2D eigenvalue weighted by Gasteiger charge is -2.21. The van der Waals surface area contributed by atoms with Crippen LogP contribution in [-0.2, 0) is 6.54 Å². The molecule has 0 amide bonds. The molecule has 6 rings (SSSR count). The summed E-state index contributed by atoms with van der Waals surface area (Å²) in [6, 6.07) is 18.8. The fraction of sp³-hybridized carbons (Fsp3) is 0.269. The SMILES string of the molecule is CNC[C@@H]1CCN(c2ccc3c(c2)Cn2cc(-c4ccc(C#N)cc4)cc2-c2nncn2-3)C1.